The summed E-state index contributed by atoms with van der Waals surface area (Å²) in [6, 6.07) is 21.5. The SMILES string of the molecule is CCCCNC(=S)NNC(=O)c1ccc(COc2ccc3ccccc3c2)cc1. The van der Waals surface area contributed by atoms with Crippen molar-refractivity contribution in [2.24, 2.45) is 0 Å². The van der Waals surface area contributed by atoms with E-state index in [-0.39, 0.29) is 5.91 Å². The minimum Gasteiger partial charge on any atom is -0.489 e. The predicted octanol–water partition coefficient (Wildman–Crippen LogP) is 4.33. The van der Waals surface area contributed by atoms with Crippen LogP contribution >= 0.6 is 12.2 Å². The fourth-order valence-electron chi connectivity index (χ4n) is 2.78. The molecule has 150 valence electrons. The summed E-state index contributed by atoms with van der Waals surface area (Å²) in [7, 11) is 0. The molecule has 0 atom stereocenters. The molecular weight excluding hydrogens is 382 g/mol. The van der Waals surface area contributed by atoms with Crippen LogP contribution < -0.4 is 20.9 Å². The number of unbranched alkanes of at least 4 members (excludes halogenated alkanes) is 1. The van der Waals surface area contributed by atoms with E-state index in [1.807, 2.05) is 42.5 Å². The number of hydrazine groups is 1. The Hall–Kier alpha value is -3.12. The van der Waals surface area contributed by atoms with Crippen LogP contribution in [0.4, 0.5) is 0 Å². The van der Waals surface area contributed by atoms with E-state index < -0.39 is 0 Å². The molecule has 3 aromatic carbocycles. The summed E-state index contributed by atoms with van der Waals surface area (Å²) in [6.45, 7) is 3.32. The van der Waals surface area contributed by atoms with Gasteiger partial charge in [0.15, 0.2) is 5.11 Å². The highest BCUT2D eigenvalue weighted by Crippen LogP contribution is 2.21. The number of benzene rings is 3. The molecule has 0 saturated heterocycles. The fraction of sp³-hybridized carbons (Fsp3) is 0.217. The summed E-state index contributed by atoms with van der Waals surface area (Å²) in [5.74, 6) is 0.574. The molecule has 3 N–H and O–H groups in total. The Morgan fingerprint density at radius 1 is 0.966 bits per heavy atom. The van der Waals surface area contributed by atoms with Gasteiger partial charge in [-0.05, 0) is 59.2 Å². The van der Waals surface area contributed by atoms with Gasteiger partial charge in [0.05, 0.1) is 0 Å². The van der Waals surface area contributed by atoms with Gasteiger partial charge in [0, 0.05) is 12.1 Å². The van der Waals surface area contributed by atoms with Crippen molar-refractivity contribution in [3.8, 4) is 5.75 Å². The molecule has 6 heteroatoms. The number of rotatable bonds is 7. The second-order valence-corrected chi connectivity index (χ2v) is 7.09. The van der Waals surface area contributed by atoms with Crippen LogP contribution in [0.15, 0.2) is 66.7 Å². The maximum absolute atomic E-state index is 12.2. The third-order valence-corrected chi connectivity index (χ3v) is 4.69. The summed E-state index contributed by atoms with van der Waals surface area (Å²) in [6.07, 6.45) is 2.11. The van der Waals surface area contributed by atoms with Crippen LogP contribution in [-0.4, -0.2) is 17.6 Å². The van der Waals surface area contributed by atoms with E-state index in [2.05, 4.69) is 35.2 Å². The van der Waals surface area contributed by atoms with E-state index in [9.17, 15) is 4.79 Å². The van der Waals surface area contributed by atoms with E-state index in [0.717, 1.165) is 36.1 Å². The van der Waals surface area contributed by atoms with Gasteiger partial charge in [0.25, 0.3) is 5.91 Å². The lowest BCUT2D eigenvalue weighted by atomic mass is 10.1. The van der Waals surface area contributed by atoms with Crippen LogP contribution in [0.2, 0.25) is 0 Å². The summed E-state index contributed by atoms with van der Waals surface area (Å²) in [5, 5.41) is 5.77. The van der Waals surface area contributed by atoms with Crippen LogP contribution in [0.1, 0.15) is 35.7 Å². The van der Waals surface area contributed by atoms with Crippen molar-refractivity contribution in [2.75, 3.05) is 6.54 Å². The summed E-state index contributed by atoms with van der Waals surface area (Å²) in [4.78, 5) is 12.2. The second-order valence-electron chi connectivity index (χ2n) is 6.68. The van der Waals surface area contributed by atoms with Crippen molar-refractivity contribution < 1.29 is 9.53 Å². The summed E-state index contributed by atoms with van der Waals surface area (Å²) in [5.41, 5.74) is 6.84. The van der Waals surface area contributed by atoms with E-state index in [1.54, 1.807) is 12.1 Å². The maximum atomic E-state index is 12.2. The molecule has 0 unspecified atom stereocenters. The molecular formula is C23H25N3O2S. The van der Waals surface area contributed by atoms with Crippen molar-refractivity contribution in [1.82, 2.24) is 16.2 Å². The highest BCUT2D eigenvalue weighted by atomic mass is 32.1. The maximum Gasteiger partial charge on any atom is 0.269 e. The van der Waals surface area contributed by atoms with Gasteiger partial charge in [-0.25, -0.2) is 0 Å². The molecule has 3 aromatic rings. The zero-order chi connectivity index (χ0) is 20.5. The monoisotopic (exact) mass is 407 g/mol. The number of nitrogens with one attached hydrogen (secondary N) is 3. The van der Waals surface area contributed by atoms with Crippen molar-refractivity contribution in [1.29, 1.82) is 0 Å². The van der Waals surface area contributed by atoms with Crippen LogP contribution in [-0.2, 0) is 6.61 Å². The van der Waals surface area contributed by atoms with Crippen molar-refractivity contribution >= 4 is 34.0 Å². The molecule has 0 heterocycles. The zero-order valence-electron chi connectivity index (χ0n) is 16.4. The fourth-order valence-corrected chi connectivity index (χ4v) is 2.94. The predicted molar refractivity (Wildman–Crippen MR) is 121 cm³/mol. The lowest BCUT2D eigenvalue weighted by Crippen LogP contribution is -2.46. The molecule has 0 aromatic heterocycles. The molecule has 0 aliphatic carbocycles. The van der Waals surface area contributed by atoms with Gasteiger partial charge in [-0.15, -0.1) is 0 Å². The Morgan fingerprint density at radius 3 is 2.48 bits per heavy atom. The highest BCUT2D eigenvalue weighted by Gasteiger charge is 2.06. The van der Waals surface area contributed by atoms with Gasteiger partial charge in [-0.1, -0.05) is 55.8 Å². The number of carbonyl (C=O) groups is 1. The van der Waals surface area contributed by atoms with Gasteiger partial charge in [-0.2, -0.15) is 0 Å². The normalized spacial score (nSPS) is 10.4. The molecule has 3 rings (SSSR count). The van der Waals surface area contributed by atoms with Crippen LogP contribution in [0.3, 0.4) is 0 Å². The number of fused-ring (bicyclic) bond motifs is 1. The number of thiocarbonyl (C=S) groups is 1. The number of ether oxygens (including phenoxy) is 1. The Labute approximate surface area is 176 Å². The van der Waals surface area contributed by atoms with Crippen molar-refractivity contribution in [3.63, 3.8) is 0 Å². The number of hydrogen-bond acceptors (Lipinski definition) is 3. The molecule has 0 fully saturated rings. The Morgan fingerprint density at radius 2 is 1.72 bits per heavy atom. The van der Waals surface area contributed by atoms with Gasteiger partial charge < -0.3 is 10.1 Å². The molecule has 0 aliphatic rings. The van der Waals surface area contributed by atoms with Gasteiger partial charge in [0.2, 0.25) is 0 Å². The quantitative estimate of drug-likeness (QED) is 0.309. The summed E-state index contributed by atoms with van der Waals surface area (Å²) < 4.78 is 5.89. The van der Waals surface area contributed by atoms with E-state index in [1.165, 1.54) is 5.39 Å². The van der Waals surface area contributed by atoms with E-state index in [0.29, 0.717) is 17.3 Å². The average molecular weight is 408 g/mol. The van der Waals surface area contributed by atoms with Crippen LogP contribution in [0.25, 0.3) is 10.8 Å². The second kappa shape index (κ2) is 10.4. The van der Waals surface area contributed by atoms with Crippen LogP contribution in [0, 0.1) is 0 Å². The molecule has 1 amide bonds. The standard InChI is InChI=1S/C23H25N3O2S/c1-2-3-14-24-23(29)26-25-22(27)19-10-8-17(9-11-19)16-28-21-13-12-18-6-4-5-7-20(18)15-21/h4-13,15H,2-3,14,16H2,1H3,(H,25,27)(H2,24,26,29). The first-order valence-corrected chi connectivity index (χ1v) is 10.1. The molecule has 0 spiro atoms. The number of hydrogen-bond donors (Lipinski definition) is 3. The molecule has 0 bridgehead atoms. The molecule has 5 nitrogen and oxygen atoms in total. The largest absolute Gasteiger partial charge is 0.489 e. The third kappa shape index (κ3) is 6.19. The van der Waals surface area contributed by atoms with Gasteiger partial charge in [-0.3, -0.25) is 15.6 Å². The molecule has 29 heavy (non-hydrogen) atoms. The zero-order valence-corrected chi connectivity index (χ0v) is 17.2. The number of carbonyl (C=O) groups excluding carboxylic acids is 1. The molecule has 0 saturated carbocycles. The van der Waals surface area contributed by atoms with E-state index in [4.69, 9.17) is 17.0 Å². The van der Waals surface area contributed by atoms with Crippen LogP contribution in [0.5, 0.6) is 5.75 Å². The smallest absolute Gasteiger partial charge is 0.269 e. The Kier molecular flexibility index (Phi) is 7.41. The first-order valence-electron chi connectivity index (χ1n) is 9.70. The van der Waals surface area contributed by atoms with Gasteiger partial charge >= 0.3 is 0 Å². The third-order valence-electron chi connectivity index (χ3n) is 4.45. The van der Waals surface area contributed by atoms with E-state index >= 15 is 0 Å². The molecule has 0 radical (unpaired) electrons. The highest BCUT2D eigenvalue weighted by molar-refractivity contribution is 7.80. The Balaban J connectivity index is 1.48. The topological polar surface area (TPSA) is 62.4 Å². The lowest BCUT2D eigenvalue weighted by molar-refractivity contribution is 0.0943. The van der Waals surface area contributed by atoms with Crippen molar-refractivity contribution in [2.45, 2.75) is 26.4 Å². The van der Waals surface area contributed by atoms with Crippen molar-refractivity contribution in [3.05, 3.63) is 77.9 Å². The summed E-state index contributed by atoms with van der Waals surface area (Å²) >= 11 is 5.11. The first-order chi connectivity index (χ1) is 14.2. The Bertz CT molecular complexity index is 973. The number of amides is 1. The first kappa shape index (κ1) is 20.6. The minimum atomic E-state index is -0.244. The minimum absolute atomic E-state index is 0.244. The average Bonchev–Trinajstić information content (AvgIpc) is 2.76. The lowest BCUT2D eigenvalue weighted by Gasteiger charge is -2.11. The molecule has 0 aliphatic heterocycles. The van der Waals surface area contributed by atoms with Gasteiger partial charge in [0.1, 0.15) is 12.4 Å².